The van der Waals surface area contributed by atoms with E-state index in [4.69, 9.17) is 9.84 Å². The molecular weight excluding hydrogens is 170 g/mol. The van der Waals surface area contributed by atoms with Crippen LogP contribution in [0.3, 0.4) is 0 Å². The van der Waals surface area contributed by atoms with Gasteiger partial charge in [-0.2, -0.15) is 0 Å². The van der Waals surface area contributed by atoms with Gasteiger partial charge in [0.2, 0.25) is 0 Å². The summed E-state index contributed by atoms with van der Waals surface area (Å²) in [6, 6.07) is 0.0691. The van der Waals surface area contributed by atoms with Crippen molar-refractivity contribution in [2.75, 3.05) is 6.61 Å². The SMILES string of the molecule is CC(C)C[C@@H]1NC(=O)O[C@H]1CCO. The van der Waals surface area contributed by atoms with E-state index >= 15 is 0 Å². The Hall–Kier alpha value is -0.770. The zero-order valence-electron chi connectivity index (χ0n) is 8.12. The Labute approximate surface area is 78.3 Å². The van der Waals surface area contributed by atoms with Gasteiger partial charge in [-0.25, -0.2) is 4.79 Å². The predicted octanol–water partition coefficient (Wildman–Crippen LogP) is 0.892. The van der Waals surface area contributed by atoms with E-state index in [1.807, 2.05) is 0 Å². The molecule has 0 saturated carbocycles. The molecule has 1 fully saturated rings. The van der Waals surface area contributed by atoms with E-state index in [-0.39, 0.29) is 24.8 Å². The summed E-state index contributed by atoms with van der Waals surface area (Å²) in [5.41, 5.74) is 0. The van der Waals surface area contributed by atoms with Gasteiger partial charge in [0.25, 0.3) is 0 Å². The summed E-state index contributed by atoms with van der Waals surface area (Å²) in [5, 5.41) is 11.5. The van der Waals surface area contributed by atoms with Crippen LogP contribution in [0.5, 0.6) is 0 Å². The fourth-order valence-corrected chi connectivity index (χ4v) is 1.60. The van der Waals surface area contributed by atoms with Gasteiger partial charge in [-0.05, 0) is 12.3 Å². The Morgan fingerprint density at radius 2 is 2.31 bits per heavy atom. The smallest absolute Gasteiger partial charge is 0.407 e. The molecule has 0 aromatic heterocycles. The number of hydrogen-bond acceptors (Lipinski definition) is 3. The second kappa shape index (κ2) is 4.46. The molecule has 1 aliphatic heterocycles. The average Bonchev–Trinajstić information content (AvgIpc) is 2.31. The Morgan fingerprint density at radius 1 is 1.62 bits per heavy atom. The van der Waals surface area contributed by atoms with Crippen molar-refractivity contribution >= 4 is 6.09 Å². The lowest BCUT2D eigenvalue weighted by Crippen LogP contribution is -2.33. The van der Waals surface area contributed by atoms with Crippen molar-refractivity contribution in [3.05, 3.63) is 0 Å². The fraction of sp³-hybridized carbons (Fsp3) is 0.889. The maximum Gasteiger partial charge on any atom is 0.407 e. The number of ether oxygens (including phenoxy) is 1. The van der Waals surface area contributed by atoms with Crippen molar-refractivity contribution in [2.24, 2.45) is 5.92 Å². The van der Waals surface area contributed by atoms with Crippen molar-refractivity contribution in [2.45, 2.75) is 38.8 Å². The third-order valence-corrected chi connectivity index (χ3v) is 2.15. The number of rotatable bonds is 4. The fourth-order valence-electron chi connectivity index (χ4n) is 1.60. The van der Waals surface area contributed by atoms with Gasteiger partial charge in [-0.15, -0.1) is 0 Å². The van der Waals surface area contributed by atoms with E-state index in [2.05, 4.69) is 19.2 Å². The number of nitrogens with one attached hydrogen (secondary N) is 1. The normalized spacial score (nSPS) is 27.5. The van der Waals surface area contributed by atoms with Crippen LogP contribution in [-0.4, -0.2) is 30.0 Å². The highest BCUT2D eigenvalue weighted by molar-refractivity contribution is 5.70. The first-order valence-corrected chi connectivity index (χ1v) is 4.71. The Balaban J connectivity index is 2.45. The van der Waals surface area contributed by atoms with Crippen LogP contribution in [0.25, 0.3) is 0 Å². The molecule has 4 heteroatoms. The van der Waals surface area contributed by atoms with Gasteiger partial charge in [0.05, 0.1) is 6.04 Å². The number of carbonyl (C=O) groups is 1. The minimum Gasteiger partial charge on any atom is -0.444 e. The molecule has 0 aromatic carbocycles. The summed E-state index contributed by atoms with van der Waals surface area (Å²) in [5.74, 6) is 0.521. The first kappa shape index (κ1) is 10.3. The number of alkyl carbamates (subject to hydrolysis) is 1. The molecule has 4 nitrogen and oxygen atoms in total. The van der Waals surface area contributed by atoms with Crippen LogP contribution in [0, 0.1) is 5.92 Å². The molecule has 0 unspecified atom stereocenters. The van der Waals surface area contributed by atoms with Crippen molar-refractivity contribution in [1.29, 1.82) is 0 Å². The number of carbonyl (C=O) groups excluding carboxylic acids is 1. The van der Waals surface area contributed by atoms with E-state index in [0.717, 1.165) is 6.42 Å². The quantitative estimate of drug-likeness (QED) is 0.687. The highest BCUT2D eigenvalue weighted by Crippen LogP contribution is 2.18. The summed E-state index contributed by atoms with van der Waals surface area (Å²) in [4.78, 5) is 10.9. The van der Waals surface area contributed by atoms with Crippen molar-refractivity contribution in [3.63, 3.8) is 0 Å². The standard InChI is InChI=1S/C9H17NO3/c1-6(2)5-7-8(3-4-11)13-9(12)10-7/h6-8,11H,3-5H2,1-2H3,(H,10,12)/t7-,8-/m0/s1. The van der Waals surface area contributed by atoms with E-state index in [0.29, 0.717) is 12.3 Å². The molecule has 0 radical (unpaired) electrons. The van der Waals surface area contributed by atoms with E-state index in [9.17, 15) is 4.79 Å². The van der Waals surface area contributed by atoms with Crippen LogP contribution >= 0.6 is 0 Å². The summed E-state index contributed by atoms with van der Waals surface area (Å²) >= 11 is 0. The number of aliphatic hydroxyl groups is 1. The second-order valence-corrected chi connectivity index (χ2v) is 3.84. The second-order valence-electron chi connectivity index (χ2n) is 3.84. The summed E-state index contributed by atoms with van der Waals surface area (Å²) in [6.45, 7) is 4.26. The van der Waals surface area contributed by atoms with Crippen LogP contribution in [0.4, 0.5) is 4.79 Å². The van der Waals surface area contributed by atoms with Gasteiger partial charge in [-0.3, -0.25) is 0 Å². The van der Waals surface area contributed by atoms with E-state index in [1.165, 1.54) is 0 Å². The van der Waals surface area contributed by atoms with Gasteiger partial charge < -0.3 is 15.2 Å². The molecule has 0 aromatic rings. The van der Waals surface area contributed by atoms with E-state index < -0.39 is 0 Å². The maximum absolute atomic E-state index is 10.9. The number of amides is 1. The Bertz CT molecular complexity index is 182. The van der Waals surface area contributed by atoms with Gasteiger partial charge >= 0.3 is 6.09 Å². The van der Waals surface area contributed by atoms with Crippen molar-refractivity contribution in [3.8, 4) is 0 Å². The lowest BCUT2D eigenvalue weighted by atomic mass is 9.98. The van der Waals surface area contributed by atoms with Crippen LogP contribution < -0.4 is 5.32 Å². The van der Waals surface area contributed by atoms with Crippen LogP contribution in [-0.2, 0) is 4.74 Å². The third-order valence-electron chi connectivity index (χ3n) is 2.15. The minimum absolute atomic E-state index is 0.0637. The minimum atomic E-state index is -0.357. The molecule has 13 heavy (non-hydrogen) atoms. The van der Waals surface area contributed by atoms with Gasteiger partial charge in [0.15, 0.2) is 0 Å². The van der Waals surface area contributed by atoms with Crippen molar-refractivity contribution < 1.29 is 14.6 Å². The van der Waals surface area contributed by atoms with Crippen LogP contribution in [0.1, 0.15) is 26.7 Å². The largest absolute Gasteiger partial charge is 0.444 e. The summed E-state index contributed by atoms with van der Waals surface area (Å²) < 4.78 is 5.01. The molecule has 1 aliphatic rings. The molecule has 0 aliphatic carbocycles. The maximum atomic E-state index is 10.9. The van der Waals surface area contributed by atoms with Gasteiger partial charge in [-0.1, -0.05) is 13.8 Å². The molecule has 1 rings (SSSR count). The number of cyclic esters (lactones) is 1. The lowest BCUT2D eigenvalue weighted by Gasteiger charge is -2.17. The molecule has 1 saturated heterocycles. The lowest BCUT2D eigenvalue weighted by molar-refractivity contribution is 0.107. The highest BCUT2D eigenvalue weighted by Gasteiger charge is 2.33. The molecule has 1 amide bonds. The summed E-state index contributed by atoms with van der Waals surface area (Å²) in [7, 11) is 0. The average molecular weight is 187 g/mol. The molecule has 2 atom stereocenters. The Kier molecular flexibility index (Phi) is 3.54. The van der Waals surface area contributed by atoms with Gasteiger partial charge in [0, 0.05) is 13.0 Å². The first-order valence-electron chi connectivity index (χ1n) is 4.71. The predicted molar refractivity (Wildman–Crippen MR) is 48.4 cm³/mol. The molecule has 1 heterocycles. The zero-order chi connectivity index (χ0) is 9.84. The van der Waals surface area contributed by atoms with Crippen molar-refractivity contribution in [1.82, 2.24) is 5.32 Å². The molecule has 0 spiro atoms. The zero-order valence-corrected chi connectivity index (χ0v) is 8.12. The van der Waals surface area contributed by atoms with Crippen LogP contribution in [0.15, 0.2) is 0 Å². The van der Waals surface area contributed by atoms with Gasteiger partial charge in [0.1, 0.15) is 6.10 Å². The topological polar surface area (TPSA) is 58.6 Å². The van der Waals surface area contributed by atoms with E-state index in [1.54, 1.807) is 0 Å². The summed E-state index contributed by atoms with van der Waals surface area (Å²) in [6.07, 6.45) is 0.913. The third kappa shape index (κ3) is 2.88. The molecular formula is C9H17NO3. The first-order chi connectivity index (χ1) is 6.13. The number of aliphatic hydroxyl groups excluding tert-OH is 1. The Morgan fingerprint density at radius 3 is 2.85 bits per heavy atom. The number of hydrogen-bond donors (Lipinski definition) is 2. The van der Waals surface area contributed by atoms with Crippen LogP contribution in [0.2, 0.25) is 0 Å². The monoisotopic (exact) mass is 187 g/mol. The molecule has 2 N–H and O–H groups in total. The highest BCUT2D eigenvalue weighted by atomic mass is 16.6. The molecule has 76 valence electrons. The molecule has 0 bridgehead atoms.